The molecule has 2 aromatic rings. The number of hydrogen-bond acceptors (Lipinski definition) is 4. The Kier molecular flexibility index (Phi) is 5.60. The molecule has 2 rings (SSSR count). The molecule has 0 bridgehead atoms. The first-order chi connectivity index (χ1) is 11.1. The molecule has 0 aromatic heterocycles. The molecule has 1 amide bonds. The molecule has 2 aromatic carbocycles. The molecule has 0 radical (unpaired) electrons. The van der Waals surface area contributed by atoms with Crippen molar-refractivity contribution in [2.75, 3.05) is 27.8 Å². The normalized spacial score (nSPS) is 11.7. The van der Waals surface area contributed by atoms with Gasteiger partial charge in [-0.2, -0.15) is 0 Å². The number of rotatable bonds is 6. The van der Waals surface area contributed by atoms with Gasteiger partial charge in [0, 0.05) is 7.05 Å². The summed E-state index contributed by atoms with van der Waals surface area (Å²) >= 11 is 0. The van der Waals surface area contributed by atoms with E-state index in [0.717, 1.165) is 11.3 Å². The number of para-hydroxylation sites is 1. The maximum atomic E-state index is 12.5. The maximum absolute atomic E-state index is 12.5. The predicted molar refractivity (Wildman–Crippen MR) is 87.9 cm³/mol. The van der Waals surface area contributed by atoms with Gasteiger partial charge in [0.1, 0.15) is 11.5 Å². The van der Waals surface area contributed by atoms with Gasteiger partial charge in [0.25, 0.3) is 5.91 Å². The molecule has 0 aliphatic heterocycles. The highest BCUT2D eigenvalue weighted by atomic mass is 16.5. The number of aliphatic hydroxyl groups is 1. The highest BCUT2D eigenvalue weighted by Gasteiger charge is 2.19. The van der Waals surface area contributed by atoms with Gasteiger partial charge in [-0.1, -0.05) is 24.3 Å². The fourth-order valence-electron chi connectivity index (χ4n) is 2.30. The highest BCUT2D eigenvalue weighted by molar-refractivity contribution is 5.96. The number of ether oxygens (including phenoxy) is 2. The molecule has 0 saturated carbocycles. The molecule has 23 heavy (non-hydrogen) atoms. The quantitative estimate of drug-likeness (QED) is 0.890. The molecule has 5 heteroatoms. The molecule has 0 spiro atoms. The molecule has 1 N–H and O–H groups in total. The molecular weight excluding hydrogens is 294 g/mol. The second-order valence-corrected chi connectivity index (χ2v) is 5.17. The van der Waals surface area contributed by atoms with Crippen LogP contribution in [0.4, 0.5) is 0 Å². The van der Waals surface area contributed by atoms with E-state index in [2.05, 4.69) is 0 Å². The number of benzene rings is 2. The SMILES string of the molecule is COc1ccc(C(O)CN(C)C(=O)c2ccccc2OC)cc1. The van der Waals surface area contributed by atoms with Crippen LogP contribution in [0, 0.1) is 0 Å². The first-order valence-corrected chi connectivity index (χ1v) is 7.27. The minimum atomic E-state index is -0.774. The van der Waals surface area contributed by atoms with E-state index >= 15 is 0 Å². The molecule has 1 atom stereocenters. The zero-order chi connectivity index (χ0) is 16.8. The standard InChI is InChI=1S/C18H21NO4/c1-19(18(21)15-6-4-5-7-17(15)23-3)12-16(20)13-8-10-14(22-2)11-9-13/h4-11,16,20H,12H2,1-3H3. The summed E-state index contributed by atoms with van der Waals surface area (Å²) in [5, 5.41) is 10.3. The van der Waals surface area contributed by atoms with Gasteiger partial charge in [-0.25, -0.2) is 0 Å². The monoisotopic (exact) mass is 315 g/mol. The van der Waals surface area contributed by atoms with Crippen molar-refractivity contribution in [1.82, 2.24) is 4.90 Å². The van der Waals surface area contributed by atoms with Crippen LogP contribution in [0.2, 0.25) is 0 Å². The van der Waals surface area contributed by atoms with E-state index in [1.807, 2.05) is 6.07 Å². The van der Waals surface area contributed by atoms with Crippen LogP contribution in [0.15, 0.2) is 48.5 Å². The molecule has 0 fully saturated rings. The van der Waals surface area contributed by atoms with Crippen LogP contribution >= 0.6 is 0 Å². The predicted octanol–water partition coefficient (Wildman–Crippen LogP) is 2.51. The summed E-state index contributed by atoms with van der Waals surface area (Å²) in [4.78, 5) is 14.0. The summed E-state index contributed by atoms with van der Waals surface area (Å²) in [6, 6.07) is 14.2. The zero-order valence-electron chi connectivity index (χ0n) is 13.5. The van der Waals surface area contributed by atoms with Gasteiger partial charge < -0.3 is 19.5 Å². The number of amides is 1. The Bertz CT molecular complexity index is 654. The molecule has 1 unspecified atom stereocenters. The number of likely N-dealkylation sites (N-methyl/N-ethyl adjacent to an activating group) is 1. The topological polar surface area (TPSA) is 59.0 Å². The highest BCUT2D eigenvalue weighted by Crippen LogP contribution is 2.21. The maximum Gasteiger partial charge on any atom is 0.257 e. The molecule has 0 aliphatic rings. The first-order valence-electron chi connectivity index (χ1n) is 7.27. The summed E-state index contributed by atoms with van der Waals surface area (Å²) in [7, 11) is 4.77. The summed E-state index contributed by atoms with van der Waals surface area (Å²) in [6.07, 6.45) is -0.774. The van der Waals surface area contributed by atoms with Crippen molar-refractivity contribution in [3.8, 4) is 11.5 Å². The minimum absolute atomic E-state index is 0.184. The van der Waals surface area contributed by atoms with E-state index in [1.165, 1.54) is 12.0 Å². The first kappa shape index (κ1) is 16.8. The molecule has 0 aliphatic carbocycles. The van der Waals surface area contributed by atoms with Crippen LogP contribution in [-0.2, 0) is 0 Å². The smallest absolute Gasteiger partial charge is 0.257 e. The van der Waals surface area contributed by atoms with E-state index in [4.69, 9.17) is 9.47 Å². The van der Waals surface area contributed by atoms with Gasteiger partial charge in [-0.05, 0) is 29.8 Å². The van der Waals surface area contributed by atoms with Gasteiger partial charge in [0.15, 0.2) is 0 Å². The van der Waals surface area contributed by atoms with Crippen molar-refractivity contribution < 1.29 is 19.4 Å². The Morgan fingerprint density at radius 3 is 2.35 bits per heavy atom. The summed E-state index contributed by atoms with van der Waals surface area (Å²) in [5.41, 5.74) is 1.20. The van der Waals surface area contributed by atoms with E-state index in [-0.39, 0.29) is 12.5 Å². The van der Waals surface area contributed by atoms with E-state index < -0.39 is 6.10 Å². The van der Waals surface area contributed by atoms with Crippen molar-refractivity contribution in [2.24, 2.45) is 0 Å². The Morgan fingerprint density at radius 1 is 1.09 bits per heavy atom. The van der Waals surface area contributed by atoms with E-state index in [9.17, 15) is 9.90 Å². The van der Waals surface area contributed by atoms with E-state index in [1.54, 1.807) is 56.6 Å². The van der Waals surface area contributed by atoms with Crippen molar-refractivity contribution in [2.45, 2.75) is 6.10 Å². The Labute approximate surface area is 136 Å². The Hall–Kier alpha value is -2.53. The van der Waals surface area contributed by atoms with E-state index in [0.29, 0.717) is 11.3 Å². The third-order valence-electron chi connectivity index (χ3n) is 3.63. The number of nitrogens with zero attached hydrogens (tertiary/aromatic N) is 1. The zero-order valence-corrected chi connectivity index (χ0v) is 13.5. The molecular formula is C18H21NO4. The third kappa shape index (κ3) is 4.02. The van der Waals surface area contributed by atoms with Gasteiger partial charge in [0.05, 0.1) is 32.4 Å². The molecule has 5 nitrogen and oxygen atoms in total. The number of aliphatic hydroxyl groups excluding tert-OH is 1. The minimum Gasteiger partial charge on any atom is -0.497 e. The average Bonchev–Trinajstić information content (AvgIpc) is 2.60. The summed E-state index contributed by atoms with van der Waals surface area (Å²) in [5.74, 6) is 1.04. The van der Waals surface area contributed by atoms with Crippen molar-refractivity contribution >= 4 is 5.91 Å². The fraction of sp³-hybridized carbons (Fsp3) is 0.278. The van der Waals surface area contributed by atoms with Crippen LogP contribution in [0.3, 0.4) is 0 Å². The average molecular weight is 315 g/mol. The number of hydrogen-bond donors (Lipinski definition) is 1. The third-order valence-corrected chi connectivity index (χ3v) is 3.63. The summed E-state index contributed by atoms with van der Waals surface area (Å²) in [6.45, 7) is 0.184. The number of carbonyl (C=O) groups excluding carboxylic acids is 1. The van der Waals surface area contributed by atoms with Crippen LogP contribution in [0.1, 0.15) is 22.0 Å². The van der Waals surface area contributed by atoms with Crippen LogP contribution < -0.4 is 9.47 Å². The second-order valence-electron chi connectivity index (χ2n) is 5.17. The lowest BCUT2D eigenvalue weighted by molar-refractivity contribution is 0.0678. The van der Waals surface area contributed by atoms with Gasteiger partial charge >= 0.3 is 0 Å². The molecule has 0 heterocycles. The fourth-order valence-corrected chi connectivity index (χ4v) is 2.30. The van der Waals surface area contributed by atoms with Gasteiger partial charge in [-0.15, -0.1) is 0 Å². The number of methoxy groups -OCH3 is 2. The lowest BCUT2D eigenvalue weighted by Crippen LogP contribution is -2.31. The van der Waals surface area contributed by atoms with Crippen LogP contribution in [0.25, 0.3) is 0 Å². The van der Waals surface area contributed by atoms with Gasteiger partial charge in [-0.3, -0.25) is 4.79 Å². The second kappa shape index (κ2) is 7.65. The summed E-state index contributed by atoms with van der Waals surface area (Å²) < 4.78 is 10.3. The van der Waals surface area contributed by atoms with Crippen LogP contribution in [0.5, 0.6) is 11.5 Å². The van der Waals surface area contributed by atoms with Gasteiger partial charge in [0.2, 0.25) is 0 Å². The largest absolute Gasteiger partial charge is 0.497 e. The molecule has 0 saturated heterocycles. The Balaban J connectivity index is 2.07. The van der Waals surface area contributed by atoms with Crippen molar-refractivity contribution in [3.63, 3.8) is 0 Å². The lowest BCUT2D eigenvalue weighted by Gasteiger charge is -2.22. The van der Waals surface area contributed by atoms with Crippen molar-refractivity contribution in [1.29, 1.82) is 0 Å². The molecule has 122 valence electrons. The van der Waals surface area contributed by atoms with Crippen LogP contribution in [-0.4, -0.2) is 43.7 Å². The lowest BCUT2D eigenvalue weighted by atomic mass is 10.1. The van der Waals surface area contributed by atoms with Crippen molar-refractivity contribution in [3.05, 3.63) is 59.7 Å². The number of carbonyl (C=O) groups is 1. The Morgan fingerprint density at radius 2 is 1.74 bits per heavy atom.